The quantitative estimate of drug-likeness (QED) is 0.0858. The molecular formula is C72H70O4. The predicted molar refractivity (Wildman–Crippen MR) is 313 cm³/mol. The van der Waals surface area contributed by atoms with Gasteiger partial charge in [-0.1, -0.05) is 195 Å². The van der Waals surface area contributed by atoms with E-state index in [1.807, 2.05) is 0 Å². The topological polar surface area (TPSA) is 36.9 Å². The van der Waals surface area contributed by atoms with E-state index >= 15 is 0 Å². The molecule has 11 rings (SSSR count). The summed E-state index contributed by atoms with van der Waals surface area (Å²) in [6.07, 6.45) is 0. The molecule has 0 unspecified atom stereocenters. The minimum Gasteiger partial charge on any atom is -0.493 e. The van der Waals surface area contributed by atoms with Crippen LogP contribution in [0.15, 0.2) is 206 Å². The van der Waals surface area contributed by atoms with Crippen molar-refractivity contribution in [3.05, 3.63) is 251 Å². The van der Waals surface area contributed by atoms with Crippen LogP contribution in [0.25, 0.3) is 44.5 Å². The number of hydrogen-bond donors (Lipinski definition) is 0. The van der Waals surface area contributed by atoms with Crippen LogP contribution in [0.2, 0.25) is 0 Å². The molecule has 0 saturated carbocycles. The predicted octanol–water partition coefficient (Wildman–Crippen LogP) is 17.9. The zero-order valence-electron chi connectivity index (χ0n) is 45.4. The molecule has 2 aliphatic rings. The van der Waals surface area contributed by atoms with Gasteiger partial charge in [-0.25, -0.2) is 0 Å². The van der Waals surface area contributed by atoms with Gasteiger partial charge in [-0.2, -0.15) is 0 Å². The summed E-state index contributed by atoms with van der Waals surface area (Å²) in [7, 11) is 0. The van der Waals surface area contributed by atoms with E-state index in [9.17, 15) is 0 Å². The van der Waals surface area contributed by atoms with Gasteiger partial charge in [-0.05, 0) is 179 Å². The number of hydrogen-bond acceptors (Lipinski definition) is 4. The lowest BCUT2D eigenvalue weighted by atomic mass is 9.66. The normalized spacial score (nSPS) is 13.6. The van der Waals surface area contributed by atoms with Crippen molar-refractivity contribution >= 4 is 0 Å². The van der Waals surface area contributed by atoms with Crippen LogP contribution in [0, 0.1) is 23.7 Å². The molecule has 0 aliphatic heterocycles. The van der Waals surface area contributed by atoms with Crippen molar-refractivity contribution in [2.24, 2.45) is 23.7 Å². The van der Waals surface area contributed by atoms with Crippen LogP contribution < -0.4 is 18.9 Å². The smallest absolute Gasteiger partial charge is 0.119 e. The Bertz CT molecular complexity index is 3350. The minimum atomic E-state index is -0.700. The molecule has 0 spiro atoms. The average Bonchev–Trinajstić information content (AvgIpc) is 4.03. The Morgan fingerprint density at radius 2 is 0.539 bits per heavy atom. The van der Waals surface area contributed by atoms with Gasteiger partial charge in [0.15, 0.2) is 0 Å². The van der Waals surface area contributed by atoms with Crippen LogP contribution in [0.1, 0.15) is 99.9 Å². The summed E-state index contributed by atoms with van der Waals surface area (Å²) in [5, 5.41) is 0. The van der Waals surface area contributed by atoms with E-state index < -0.39 is 10.8 Å². The standard InChI is InChI=1S/C72H70O4/c1-47(2)43-73-59-29-21-55(22-30-59)71(56-23-31-60(32-24-56)74-44-48(3)4)67-17-13-12-16-63(67)64-38-19-53(41-68(64)71)54-20-39-66-65-37-18-52(51-14-10-9-11-15-51)40-69(65)72(70(66)42-54,57-25-33-61(34-26-57)75-45-49(5)6)58-27-35-62(36-28-58)76-46-50(7)8/h9-42,47-50H,43-46H2,1-8H3. The molecule has 0 bridgehead atoms. The average molecular weight is 999 g/mol. The first-order chi connectivity index (χ1) is 36.9. The Balaban J connectivity index is 1.13. The lowest BCUT2D eigenvalue weighted by Crippen LogP contribution is -2.29. The van der Waals surface area contributed by atoms with Crippen molar-refractivity contribution < 1.29 is 18.9 Å². The minimum absolute atomic E-state index is 0.411. The first-order valence-corrected chi connectivity index (χ1v) is 27.5. The summed E-state index contributed by atoms with van der Waals surface area (Å²) >= 11 is 0. The second kappa shape index (κ2) is 21.1. The summed E-state index contributed by atoms with van der Waals surface area (Å²) in [5.74, 6) is 5.15. The molecule has 0 fully saturated rings. The monoisotopic (exact) mass is 999 g/mol. The van der Waals surface area contributed by atoms with Crippen molar-refractivity contribution in [1.29, 1.82) is 0 Å². The number of rotatable bonds is 18. The number of fused-ring (bicyclic) bond motifs is 6. The Kier molecular flexibility index (Phi) is 14.0. The van der Waals surface area contributed by atoms with Gasteiger partial charge in [0.1, 0.15) is 23.0 Å². The highest BCUT2D eigenvalue weighted by Crippen LogP contribution is 2.60. The molecule has 4 heteroatoms. The molecule has 0 saturated heterocycles. The maximum atomic E-state index is 6.34. The van der Waals surface area contributed by atoms with Crippen LogP contribution in [0.4, 0.5) is 0 Å². The van der Waals surface area contributed by atoms with Crippen molar-refractivity contribution in [2.45, 2.75) is 66.2 Å². The maximum Gasteiger partial charge on any atom is 0.119 e. The van der Waals surface area contributed by atoms with E-state index in [-0.39, 0.29) is 0 Å². The Labute approximate surface area is 451 Å². The van der Waals surface area contributed by atoms with E-state index in [1.54, 1.807) is 0 Å². The van der Waals surface area contributed by atoms with E-state index in [4.69, 9.17) is 18.9 Å². The largest absolute Gasteiger partial charge is 0.493 e. The molecule has 0 heterocycles. The Morgan fingerprint density at radius 3 is 0.868 bits per heavy atom. The fraction of sp³-hybridized carbons (Fsp3) is 0.250. The zero-order valence-corrected chi connectivity index (χ0v) is 45.4. The molecule has 2 aliphatic carbocycles. The van der Waals surface area contributed by atoms with Gasteiger partial charge in [0.25, 0.3) is 0 Å². The van der Waals surface area contributed by atoms with E-state index in [2.05, 4.69) is 262 Å². The molecular weight excluding hydrogens is 929 g/mol. The van der Waals surface area contributed by atoms with Gasteiger partial charge in [0.2, 0.25) is 0 Å². The molecule has 0 radical (unpaired) electrons. The van der Waals surface area contributed by atoms with Gasteiger partial charge in [0.05, 0.1) is 37.3 Å². The van der Waals surface area contributed by atoms with Gasteiger partial charge >= 0.3 is 0 Å². The molecule has 9 aromatic rings. The van der Waals surface area contributed by atoms with Gasteiger partial charge in [-0.3, -0.25) is 0 Å². The first kappa shape index (κ1) is 50.3. The Morgan fingerprint density at radius 1 is 0.263 bits per heavy atom. The Hall–Kier alpha value is -7.82. The van der Waals surface area contributed by atoms with Gasteiger partial charge < -0.3 is 18.9 Å². The fourth-order valence-electron chi connectivity index (χ4n) is 11.6. The summed E-state index contributed by atoms with van der Waals surface area (Å²) in [6.45, 7) is 20.1. The summed E-state index contributed by atoms with van der Waals surface area (Å²) in [6, 6.07) is 76.7. The first-order valence-electron chi connectivity index (χ1n) is 27.5. The lowest BCUT2D eigenvalue weighted by molar-refractivity contribution is 0.271. The summed E-state index contributed by atoms with van der Waals surface area (Å²) in [5.41, 5.74) is 17.9. The summed E-state index contributed by atoms with van der Waals surface area (Å²) < 4.78 is 25.3. The van der Waals surface area contributed by atoms with Crippen LogP contribution >= 0.6 is 0 Å². The van der Waals surface area contributed by atoms with Crippen molar-refractivity contribution in [3.63, 3.8) is 0 Å². The van der Waals surface area contributed by atoms with E-state index in [1.165, 1.54) is 77.9 Å². The summed E-state index contributed by atoms with van der Waals surface area (Å²) in [4.78, 5) is 0. The zero-order chi connectivity index (χ0) is 52.6. The molecule has 0 atom stereocenters. The van der Waals surface area contributed by atoms with Crippen molar-refractivity contribution in [1.82, 2.24) is 0 Å². The third kappa shape index (κ3) is 9.27. The molecule has 0 amide bonds. The lowest BCUT2D eigenvalue weighted by Gasteiger charge is -2.35. The van der Waals surface area contributed by atoms with Gasteiger partial charge in [-0.15, -0.1) is 0 Å². The van der Waals surface area contributed by atoms with Gasteiger partial charge in [0, 0.05) is 0 Å². The number of benzene rings is 9. The highest BCUT2D eigenvalue weighted by Gasteiger charge is 2.48. The fourth-order valence-corrected chi connectivity index (χ4v) is 11.6. The van der Waals surface area contributed by atoms with E-state index in [0.717, 1.165) is 34.1 Å². The van der Waals surface area contributed by atoms with Crippen LogP contribution in [-0.4, -0.2) is 26.4 Å². The third-order valence-corrected chi connectivity index (χ3v) is 15.1. The molecule has 9 aromatic carbocycles. The molecule has 76 heavy (non-hydrogen) atoms. The highest BCUT2D eigenvalue weighted by atomic mass is 16.5. The second-order valence-electron chi connectivity index (χ2n) is 22.6. The van der Waals surface area contributed by atoms with Crippen LogP contribution in [0.5, 0.6) is 23.0 Å². The highest BCUT2D eigenvalue weighted by molar-refractivity contribution is 5.92. The molecule has 382 valence electrons. The SMILES string of the molecule is CC(C)COc1ccc(C2(c3ccc(OCC(C)C)cc3)c3ccccc3-c3ccc(-c4ccc5c(c4)C(c4ccc(OCC(C)C)cc4)(c4ccc(OCC(C)C)cc4)c4cc(-c6ccccc6)ccc4-5)cc32)cc1. The number of ether oxygens (including phenoxy) is 4. The molecule has 4 nitrogen and oxygen atoms in total. The second-order valence-corrected chi connectivity index (χ2v) is 22.6. The van der Waals surface area contributed by atoms with E-state index in [0.29, 0.717) is 50.1 Å². The molecule has 0 N–H and O–H groups in total. The third-order valence-electron chi connectivity index (χ3n) is 15.1. The van der Waals surface area contributed by atoms with Crippen molar-refractivity contribution in [2.75, 3.05) is 26.4 Å². The van der Waals surface area contributed by atoms with Crippen molar-refractivity contribution in [3.8, 4) is 67.5 Å². The maximum absolute atomic E-state index is 6.34. The van der Waals surface area contributed by atoms with Crippen LogP contribution in [0.3, 0.4) is 0 Å². The van der Waals surface area contributed by atoms with Crippen LogP contribution in [-0.2, 0) is 10.8 Å². The molecule has 0 aromatic heterocycles.